The molecule has 4 heteroatoms. The van der Waals surface area contributed by atoms with Gasteiger partial charge in [-0.25, -0.2) is 0 Å². The normalized spacial score (nSPS) is 14.2. The molecule has 0 amide bonds. The van der Waals surface area contributed by atoms with E-state index in [1.54, 1.807) is 19.1 Å². The van der Waals surface area contributed by atoms with Gasteiger partial charge < -0.3 is 10.1 Å². The Labute approximate surface area is 121 Å². The van der Waals surface area contributed by atoms with Crippen LogP contribution in [0.2, 0.25) is 0 Å². The molecule has 0 saturated carbocycles. The van der Waals surface area contributed by atoms with Crippen molar-refractivity contribution >= 4 is 12.3 Å². The lowest BCUT2D eigenvalue weighted by atomic mass is 10.0. The van der Waals surface area contributed by atoms with Crippen LogP contribution in [0.1, 0.15) is 40.0 Å². The highest BCUT2D eigenvalue weighted by Crippen LogP contribution is 2.18. The monoisotopic (exact) mass is 279 g/mol. The predicted molar refractivity (Wildman–Crippen MR) is 80.9 cm³/mol. The van der Waals surface area contributed by atoms with Gasteiger partial charge in [-0.3, -0.25) is 9.59 Å². The fourth-order valence-corrected chi connectivity index (χ4v) is 1.64. The van der Waals surface area contributed by atoms with Crippen LogP contribution in [-0.4, -0.2) is 19.3 Å². The van der Waals surface area contributed by atoms with Gasteiger partial charge in [0.2, 0.25) is 0 Å². The Hall–Kier alpha value is -1.84. The number of carbonyl (C=O) groups excluding carboxylic acids is 2. The standard InChI is InChI=1S/C16H25NO3/c1-5-15(19)13(2)9-10-16(20-12-18)14(3)8-6-7-11-17-4/h7,9-12,14,17H,5-6,8H2,1-4H3/b11-7+,13-9+,16-10-. The van der Waals surface area contributed by atoms with Gasteiger partial charge in [-0.15, -0.1) is 0 Å². The van der Waals surface area contributed by atoms with Gasteiger partial charge in [-0.2, -0.15) is 0 Å². The van der Waals surface area contributed by atoms with Gasteiger partial charge in [0.1, 0.15) is 5.76 Å². The summed E-state index contributed by atoms with van der Waals surface area (Å²) < 4.78 is 5.01. The number of Topliss-reactive ketones (excluding diaryl/α,β-unsaturated/α-hetero) is 1. The minimum atomic E-state index is 0.0938. The molecule has 0 aliphatic carbocycles. The second-order valence-electron chi connectivity index (χ2n) is 4.58. The number of carbonyl (C=O) groups is 2. The molecule has 4 nitrogen and oxygen atoms in total. The number of ether oxygens (including phenoxy) is 1. The van der Waals surface area contributed by atoms with E-state index in [0.717, 1.165) is 12.8 Å². The van der Waals surface area contributed by atoms with E-state index >= 15 is 0 Å². The van der Waals surface area contributed by atoms with Crippen molar-refractivity contribution in [3.05, 3.63) is 35.8 Å². The molecular weight excluding hydrogens is 254 g/mol. The summed E-state index contributed by atoms with van der Waals surface area (Å²) in [6.45, 7) is 6.01. The Bertz CT molecular complexity index is 395. The Morgan fingerprint density at radius 3 is 2.60 bits per heavy atom. The molecule has 0 saturated heterocycles. The maximum Gasteiger partial charge on any atom is 0.298 e. The smallest absolute Gasteiger partial charge is 0.298 e. The van der Waals surface area contributed by atoms with Crippen molar-refractivity contribution in [1.82, 2.24) is 5.32 Å². The fraction of sp³-hybridized carbons (Fsp3) is 0.500. The number of hydrogen-bond acceptors (Lipinski definition) is 4. The van der Waals surface area contributed by atoms with E-state index in [-0.39, 0.29) is 11.7 Å². The second-order valence-corrected chi connectivity index (χ2v) is 4.58. The number of rotatable bonds is 10. The largest absolute Gasteiger partial charge is 0.433 e. The Morgan fingerprint density at radius 1 is 1.35 bits per heavy atom. The summed E-state index contributed by atoms with van der Waals surface area (Å²) >= 11 is 0. The van der Waals surface area contributed by atoms with E-state index in [1.807, 2.05) is 33.2 Å². The molecule has 112 valence electrons. The molecule has 1 unspecified atom stereocenters. The van der Waals surface area contributed by atoms with E-state index in [0.29, 0.717) is 24.2 Å². The lowest BCUT2D eigenvalue weighted by Gasteiger charge is -2.12. The summed E-state index contributed by atoms with van der Waals surface area (Å²) in [5.74, 6) is 0.792. The van der Waals surface area contributed by atoms with Crippen molar-refractivity contribution in [2.75, 3.05) is 7.05 Å². The molecule has 0 aromatic carbocycles. The van der Waals surface area contributed by atoms with Crippen LogP contribution in [0.15, 0.2) is 35.8 Å². The first-order valence-electron chi connectivity index (χ1n) is 6.91. The van der Waals surface area contributed by atoms with Crippen LogP contribution >= 0.6 is 0 Å². The lowest BCUT2D eigenvalue weighted by Crippen LogP contribution is -2.03. The molecule has 0 rings (SSSR count). The third-order valence-electron chi connectivity index (χ3n) is 2.98. The molecule has 0 fully saturated rings. The third kappa shape index (κ3) is 7.56. The zero-order chi connectivity index (χ0) is 15.4. The van der Waals surface area contributed by atoms with Crippen LogP contribution in [0.4, 0.5) is 0 Å². The van der Waals surface area contributed by atoms with Gasteiger partial charge in [-0.05, 0) is 37.6 Å². The quantitative estimate of drug-likeness (QED) is 0.289. The van der Waals surface area contributed by atoms with Gasteiger partial charge in [0.25, 0.3) is 6.47 Å². The van der Waals surface area contributed by atoms with Crippen molar-refractivity contribution in [1.29, 1.82) is 0 Å². The molecule has 0 radical (unpaired) electrons. The lowest BCUT2D eigenvalue weighted by molar-refractivity contribution is -0.125. The summed E-state index contributed by atoms with van der Waals surface area (Å²) in [6.07, 6.45) is 9.56. The molecule has 0 aromatic heterocycles. The topological polar surface area (TPSA) is 55.4 Å². The Morgan fingerprint density at radius 2 is 2.05 bits per heavy atom. The first-order valence-corrected chi connectivity index (χ1v) is 6.91. The van der Waals surface area contributed by atoms with E-state index in [1.165, 1.54) is 0 Å². The number of nitrogens with one attached hydrogen (secondary N) is 1. The van der Waals surface area contributed by atoms with E-state index < -0.39 is 0 Å². The first-order chi connectivity index (χ1) is 9.56. The average Bonchev–Trinajstić information content (AvgIpc) is 2.46. The maximum atomic E-state index is 11.5. The van der Waals surface area contributed by atoms with Crippen molar-refractivity contribution < 1.29 is 14.3 Å². The zero-order valence-corrected chi connectivity index (χ0v) is 12.8. The highest BCUT2D eigenvalue weighted by molar-refractivity contribution is 5.94. The van der Waals surface area contributed by atoms with Gasteiger partial charge in [0.05, 0.1) is 0 Å². The molecule has 0 bridgehead atoms. The van der Waals surface area contributed by atoms with E-state index in [9.17, 15) is 9.59 Å². The van der Waals surface area contributed by atoms with Crippen LogP contribution in [0.25, 0.3) is 0 Å². The van der Waals surface area contributed by atoms with Crippen LogP contribution in [-0.2, 0) is 14.3 Å². The SMILES string of the molecule is CCC(=O)/C(C)=C/C=C(\OC=O)C(C)CC/C=C/NC. The molecule has 0 aliphatic rings. The van der Waals surface area contributed by atoms with Gasteiger partial charge in [0, 0.05) is 19.4 Å². The van der Waals surface area contributed by atoms with Crippen LogP contribution in [0.5, 0.6) is 0 Å². The van der Waals surface area contributed by atoms with Gasteiger partial charge in [0.15, 0.2) is 5.78 Å². The van der Waals surface area contributed by atoms with Crippen molar-refractivity contribution in [3.8, 4) is 0 Å². The first kappa shape index (κ1) is 18.2. The minimum Gasteiger partial charge on any atom is -0.433 e. The number of allylic oxidation sites excluding steroid dienone is 5. The summed E-state index contributed by atoms with van der Waals surface area (Å²) in [5, 5.41) is 2.93. The van der Waals surface area contributed by atoms with Crippen molar-refractivity contribution in [2.24, 2.45) is 5.92 Å². The summed E-state index contributed by atoms with van der Waals surface area (Å²) in [5.41, 5.74) is 0.668. The molecular formula is C16H25NO3. The van der Waals surface area contributed by atoms with E-state index in [4.69, 9.17) is 4.74 Å². The molecule has 0 aliphatic heterocycles. The van der Waals surface area contributed by atoms with Crippen LogP contribution < -0.4 is 5.32 Å². The summed E-state index contributed by atoms with van der Waals surface area (Å²) in [4.78, 5) is 22.0. The van der Waals surface area contributed by atoms with Crippen molar-refractivity contribution in [3.63, 3.8) is 0 Å². The van der Waals surface area contributed by atoms with Gasteiger partial charge >= 0.3 is 0 Å². The number of ketones is 1. The van der Waals surface area contributed by atoms with Crippen LogP contribution in [0.3, 0.4) is 0 Å². The summed E-state index contributed by atoms with van der Waals surface area (Å²) in [6, 6.07) is 0. The van der Waals surface area contributed by atoms with E-state index in [2.05, 4.69) is 5.32 Å². The zero-order valence-electron chi connectivity index (χ0n) is 12.8. The van der Waals surface area contributed by atoms with Crippen LogP contribution in [0, 0.1) is 5.92 Å². The average molecular weight is 279 g/mol. The summed E-state index contributed by atoms with van der Waals surface area (Å²) in [7, 11) is 1.85. The Balaban J connectivity index is 4.72. The minimum absolute atomic E-state index is 0.0938. The fourth-order valence-electron chi connectivity index (χ4n) is 1.64. The van der Waals surface area contributed by atoms with Crippen molar-refractivity contribution in [2.45, 2.75) is 40.0 Å². The molecule has 1 N–H and O–H groups in total. The Kier molecular flexibility index (Phi) is 10.0. The molecule has 0 aromatic rings. The molecule has 20 heavy (non-hydrogen) atoms. The molecule has 1 atom stereocenters. The molecule has 0 spiro atoms. The van der Waals surface area contributed by atoms with Gasteiger partial charge in [-0.1, -0.05) is 26.0 Å². The third-order valence-corrected chi connectivity index (χ3v) is 2.98. The molecule has 0 heterocycles. The predicted octanol–water partition coefficient (Wildman–Crippen LogP) is 3.12. The highest BCUT2D eigenvalue weighted by atomic mass is 16.5. The maximum absolute atomic E-state index is 11.5. The highest BCUT2D eigenvalue weighted by Gasteiger charge is 2.09. The number of hydrogen-bond donors (Lipinski definition) is 1. The second kappa shape index (κ2) is 11.0.